The molecule has 0 spiro atoms. The van der Waals surface area contributed by atoms with Gasteiger partial charge in [0.1, 0.15) is 0 Å². The van der Waals surface area contributed by atoms with Crippen molar-refractivity contribution in [2.75, 3.05) is 0 Å². The normalized spacial score (nSPS) is 15.6. The van der Waals surface area contributed by atoms with Crippen LogP contribution in [0.4, 0.5) is 0 Å². The summed E-state index contributed by atoms with van der Waals surface area (Å²) in [4.78, 5) is 4.52. The second kappa shape index (κ2) is 5.81. The van der Waals surface area contributed by atoms with Gasteiger partial charge in [-0.05, 0) is 22.8 Å². The molecule has 2 aromatic rings. The zero-order chi connectivity index (χ0) is 12.2. The highest BCUT2D eigenvalue weighted by atomic mass is 32.2. The first-order chi connectivity index (χ1) is 8.90. The fraction of sp³-hybridized carbons (Fsp3) is 0.267. The zero-order valence-corrected chi connectivity index (χ0v) is 11.8. The third kappa shape index (κ3) is 3.09. The minimum atomic E-state index is 0.995. The lowest BCUT2D eigenvalue weighted by Gasteiger charge is -2.08. The molecule has 18 heavy (non-hydrogen) atoms. The fourth-order valence-corrected chi connectivity index (χ4v) is 3.76. The van der Waals surface area contributed by atoms with E-state index in [4.69, 9.17) is 0 Å². The molecule has 0 N–H and O–H groups in total. The van der Waals surface area contributed by atoms with E-state index in [0.29, 0.717) is 0 Å². The molecule has 0 amide bonds. The number of hydrogen-bond donors (Lipinski definition) is 0. The summed E-state index contributed by atoms with van der Waals surface area (Å²) < 4.78 is 0. The Morgan fingerprint density at radius 1 is 0.667 bits per heavy atom. The van der Waals surface area contributed by atoms with E-state index in [1.807, 2.05) is 29.7 Å². The molecule has 1 aromatic heterocycles. The molecule has 1 nitrogen and oxygen atoms in total. The van der Waals surface area contributed by atoms with E-state index in [2.05, 4.69) is 41.4 Å². The van der Waals surface area contributed by atoms with Gasteiger partial charge < -0.3 is 0 Å². The van der Waals surface area contributed by atoms with Crippen LogP contribution >= 0.6 is 23.5 Å². The van der Waals surface area contributed by atoms with Gasteiger partial charge in [0.2, 0.25) is 0 Å². The molecule has 4 aliphatic rings. The first-order valence-corrected chi connectivity index (χ1v) is 8.38. The topological polar surface area (TPSA) is 12.9 Å². The molecule has 0 aliphatic carbocycles. The number of pyridine rings is 1. The Morgan fingerprint density at radius 2 is 1.22 bits per heavy atom. The summed E-state index contributed by atoms with van der Waals surface area (Å²) in [5.41, 5.74) is 5.32. The second-order valence-corrected chi connectivity index (χ2v) is 6.43. The Balaban J connectivity index is 1.82. The van der Waals surface area contributed by atoms with Crippen molar-refractivity contribution in [3.63, 3.8) is 0 Å². The van der Waals surface area contributed by atoms with Crippen molar-refractivity contribution in [2.45, 2.75) is 23.0 Å². The number of thioether (sulfide) groups is 2. The maximum absolute atomic E-state index is 4.52. The number of hydrogen-bond acceptors (Lipinski definition) is 3. The van der Waals surface area contributed by atoms with Crippen LogP contribution in [0.5, 0.6) is 0 Å². The predicted octanol–water partition coefficient (Wildman–Crippen LogP) is 4.26. The standard InChI is InChI=1S/C15H15NS2/c1-3-13-4-2-12(1)8-17-10-14-5-6-15(16-7-14)11-18-9-13/h1-7H,8-11H2. The lowest BCUT2D eigenvalue weighted by molar-refractivity contribution is 1.14. The molecule has 0 radical (unpaired) electrons. The van der Waals surface area contributed by atoms with Crippen molar-refractivity contribution in [3.05, 3.63) is 65.0 Å². The fourth-order valence-electron chi connectivity index (χ4n) is 1.92. The van der Waals surface area contributed by atoms with E-state index in [9.17, 15) is 0 Å². The summed E-state index contributed by atoms with van der Waals surface area (Å²) in [6.45, 7) is 0. The number of nitrogens with zero attached hydrogens (tertiary/aromatic N) is 1. The third-order valence-corrected chi connectivity index (χ3v) is 5.08. The van der Waals surface area contributed by atoms with Crippen molar-refractivity contribution in [1.82, 2.24) is 4.98 Å². The minimum Gasteiger partial charge on any atom is -0.260 e. The summed E-state index contributed by atoms with van der Waals surface area (Å²) in [7, 11) is 0. The molecule has 6 rings (SSSR count). The summed E-state index contributed by atoms with van der Waals surface area (Å²) in [6.07, 6.45) is 2.02. The van der Waals surface area contributed by atoms with Crippen molar-refractivity contribution in [3.8, 4) is 0 Å². The van der Waals surface area contributed by atoms with Crippen LogP contribution in [0.1, 0.15) is 22.4 Å². The quantitative estimate of drug-likeness (QED) is 0.712. The smallest absolute Gasteiger partial charge is 0.0502 e. The van der Waals surface area contributed by atoms with Gasteiger partial charge in [-0.25, -0.2) is 0 Å². The highest BCUT2D eigenvalue weighted by Crippen LogP contribution is 2.22. The average Bonchev–Trinajstić information content (AvgIpc) is 2.43. The van der Waals surface area contributed by atoms with E-state index >= 15 is 0 Å². The molecule has 0 fully saturated rings. The van der Waals surface area contributed by atoms with Gasteiger partial charge in [-0.3, -0.25) is 4.98 Å². The summed E-state index contributed by atoms with van der Waals surface area (Å²) >= 11 is 3.88. The van der Waals surface area contributed by atoms with Crippen molar-refractivity contribution >= 4 is 23.5 Å². The highest BCUT2D eigenvalue weighted by Gasteiger charge is 2.02. The Labute approximate surface area is 116 Å². The molecule has 3 heteroatoms. The first-order valence-electron chi connectivity index (χ1n) is 6.07. The molecule has 1 aromatic carbocycles. The summed E-state index contributed by atoms with van der Waals surface area (Å²) in [5.74, 6) is 4.18. The summed E-state index contributed by atoms with van der Waals surface area (Å²) in [6, 6.07) is 13.4. The van der Waals surface area contributed by atoms with Crippen LogP contribution < -0.4 is 0 Å². The maximum Gasteiger partial charge on any atom is 0.0502 e. The second-order valence-electron chi connectivity index (χ2n) is 4.46. The van der Waals surface area contributed by atoms with Crippen LogP contribution in [-0.4, -0.2) is 4.98 Å². The lowest BCUT2D eigenvalue weighted by atomic mass is 10.2. The lowest BCUT2D eigenvalue weighted by Crippen LogP contribution is -1.92. The monoisotopic (exact) mass is 273 g/mol. The minimum absolute atomic E-state index is 0.995. The van der Waals surface area contributed by atoms with Gasteiger partial charge >= 0.3 is 0 Å². The van der Waals surface area contributed by atoms with Gasteiger partial charge in [0, 0.05) is 29.2 Å². The molecule has 4 bridgehead atoms. The first kappa shape index (κ1) is 12.1. The van der Waals surface area contributed by atoms with Gasteiger partial charge in [0.05, 0.1) is 5.69 Å². The Kier molecular flexibility index (Phi) is 3.91. The van der Waals surface area contributed by atoms with Crippen LogP contribution in [0.15, 0.2) is 42.6 Å². The molecule has 0 saturated heterocycles. The van der Waals surface area contributed by atoms with Gasteiger partial charge in [-0.2, -0.15) is 23.5 Å². The third-order valence-electron chi connectivity index (χ3n) is 2.97. The van der Waals surface area contributed by atoms with Crippen molar-refractivity contribution in [1.29, 1.82) is 0 Å². The summed E-state index contributed by atoms with van der Waals surface area (Å²) in [5, 5.41) is 0. The number of aromatic nitrogens is 1. The van der Waals surface area contributed by atoms with Crippen molar-refractivity contribution in [2.24, 2.45) is 0 Å². The van der Waals surface area contributed by atoms with E-state index < -0.39 is 0 Å². The Bertz CT molecular complexity index is 410. The maximum atomic E-state index is 4.52. The molecule has 0 saturated carbocycles. The Morgan fingerprint density at radius 3 is 1.83 bits per heavy atom. The van der Waals surface area contributed by atoms with E-state index in [1.54, 1.807) is 0 Å². The predicted molar refractivity (Wildman–Crippen MR) is 80.7 cm³/mol. The van der Waals surface area contributed by atoms with E-state index in [0.717, 1.165) is 23.0 Å². The molecule has 92 valence electrons. The molecule has 5 heterocycles. The average molecular weight is 273 g/mol. The van der Waals surface area contributed by atoms with Crippen LogP contribution in [0.25, 0.3) is 0 Å². The van der Waals surface area contributed by atoms with Gasteiger partial charge in [-0.15, -0.1) is 0 Å². The van der Waals surface area contributed by atoms with Gasteiger partial charge in [-0.1, -0.05) is 30.3 Å². The molecular formula is C15H15NS2. The van der Waals surface area contributed by atoms with Crippen LogP contribution in [0.3, 0.4) is 0 Å². The van der Waals surface area contributed by atoms with Gasteiger partial charge in [0.25, 0.3) is 0 Å². The van der Waals surface area contributed by atoms with E-state index in [1.165, 1.54) is 22.4 Å². The molecule has 4 aliphatic heterocycles. The highest BCUT2D eigenvalue weighted by molar-refractivity contribution is 7.98. The van der Waals surface area contributed by atoms with E-state index in [-0.39, 0.29) is 0 Å². The zero-order valence-electron chi connectivity index (χ0n) is 10.1. The number of rotatable bonds is 0. The largest absolute Gasteiger partial charge is 0.260 e. The van der Waals surface area contributed by atoms with Gasteiger partial charge in [0.15, 0.2) is 0 Å². The van der Waals surface area contributed by atoms with Crippen molar-refractivity contribution < 1.29 is 0 Å². The number of benzene rings is 1. The molecular weight excluding hydrogens is 258 g/mol. The van der Waals surface area contributed by atoms with Crippen LogP contribution in [0, 0.1) is 0 Å². The SMILES string of the molecule is c1cc2ccc1CSCc1ccc(nc1)CSC2. The van der Waals surface area contributed by atoms with Crippen LogP contribution in [0.2, 0.25) is 0 Å². The van der Waals surface area contributed by atoms with Crippen LogP contribution in [-0.2, 0) is 23.0 Å². The molecule has 0 atom stereocenters. The Hall–Kier alpha value is -0.930. The molecule has 0 unspecified atom stereocenters.